The molecule has 0 bridgehead atoms. The van der Waals surface area contributed by atoms with Crippen molar-refractivity contribution in [2.24, 2.45) is 0 Å². The van der Waals surface area contributed by atoms with Gasteiger partial charge in [0.05, 0.1) is 36.5 Å². The van der Waals surface area contributed by atoms with E-state index in [9.17, 15) is 4.79 Å². The van der Waals surface area contributed by atoms with Crippen molar-refractivity contribution < 1.29 is 9.53 Å². The van der Waals surface area contributed by atoms with Crippen molar-refractivity contribution in [2.75, 3.05) is 37.7 Å². The van der Waals surface area contributed by atoms with Crippen molar-refractivity contribution in [3.05, 3.63) is 90.1 Å². The third kappa shape index (κ3) is 4.53. The summed E-state index contributed by atoms with van der Waals surface area (Å²) < 4.78 is 5.44. The second-order valence-corrected chi connectivity index (χ2v) is 8.97. The van der Waals surface area contributed by atoms with E-state index in [1.165, 1.54) is 5.56 Å². The van der Waals surface area contributed by atoms with Crippen LogP contribution in [0.5, 0.6) is 0 Å². The van der Waals surface area contributed by atoms with Gasteiger partial charge in [-0.05, 0) is 60.5 Å². The zero-order valence-corrected chi connectivity index (χ0v) is 19.9. The molecule has 0 unspecified atom stereocenters. The van der Waals surface area contributed by atoms with Crippen molar-refractivity contribution in [1.29, 1.82) is 0 Å². The van der Waals surface area contributed by atoms with Crippen molar-refractivity contribution in [2.45, 2.75) is 6.42 Å². The third-order valence-corrected chi connectivity index (χ3v) is 6.64. The number of nitrogens with zero attached hydrogens (tertiary/aromatic N) is 3. The number of pyridine rings is 2. The maximum atomic E-state index is 12.3. The Balaban J connectivity index is 1.18. The SMILES string of the molecule is O=C(NCCc1ccc2[nH]c3nc(-c4ccc(N5CCOCC5)cn4)ccc3c2c1)c1ccccc1. The molecule has 7 nitrogen and oxygen atoms in total. The van der Waals surface area contributed by atoms with Gasteiger partial charge in [0.2, 0.25) is 0 Å². The van der Waals surface area contributed by atoms with E-state index in [1.54, 1.807) is 0 Å². The first kappa shape index (κ1) is 22.2. The number of carbonyl (C=O) groups is 1. The third-order valence-electron chi connectivity index (χ3n) is 6.64. The summed E-state index contributed by atoms with van der Waals surface area (Å²) in [5.74, 6) is -0.0490. The molecule has 2 N–H and O–H groups in total. The summed E-state index contributed by atoms with van der Waals surface area (Å²) in [7, 11) is 0. The van der Waals surface area contributed by atoms with Crippen LogP contribution in [0.3, 0.4) is 0 Å². The molecule has 36 heavy (non-hydrogen) atoms. The highest BCUT2D eigenvalue weighted by molar-refractivity contribution is 6.06. The number of carbonyl (C=O) groups excluding carboxylic acids is 1. The molecule has 0 spiro atoms. The highest BCUT2D eigenvalue weighted by atomic mass is 16.5. The topological polar surface area (TPSA) is 83.1 Å². The number of ether oxygens (including phenoxy) is 1. The van der Waals surface area contributed by atoms with E-state index in [4.69, 9.17) is 9.72 Å². The van der Waals surface area contributed by atoms with Crippen LogP contribution in [0.25, 0.3) is 33.3 Å². The molecule has 4 heterocycles. The molecule has 6 rings (SSSR count). The van der Waals surface area contributed by atoms with Gasteiger partial charge < -0.3 is 19.9 Å². The Bertz CT molecular complexity index is 1510. The number of aromatic amines is 1. The van der Waals surface area contributed by atoms with Crippen LogP contribution in [-0.4, -0.2) is 53.7 Å². The standard InChI is InChI=1S/C29H27N5O2/c35-29(21-4-2-1-3-5-21)30-13-12-20-6-9-25-24(18-20)23-8-11-27(33-28(23)32-25)26-10-7-22(19-31-26)34-14-16-36-17-15-34/h1-11,18-19H,12-17H2,(H,30,35)(H,32,33). The molecule has 1 aliphatic heterocycles. The Kier molecular flexibility index (Phi) is 6.05. The Morgan fingerprint density at radius 3 is 2.58 bits per heavy atom. The highest BCUT2D eigenvalue weighted by Gasteiger charge is 2.13. The largest absolute Gasteiger partial charge is 0.378 e. The molecular formula is C29H27N5O2. The van der Waals surface area contributed by atoms with Crippen LogP contribution >= 0.6 is 0 Å². The first-order chi connectivity index (χ1) is 17.7. The molecule has 0 atom stereocenters. The smallest absolute Gasteiger partial charge is 0.251 e. The lowest BCUT2D eigenvalue weighted by Crippen LogP contribution is -2.36. The Labute approximate surface area is 209 Å². The molecule has 0 aliphatic carbocycles. The number of hydrogen-bond donors (Lipinski definition) is 2. The number of hydrogen-bond acceptors (Lipinski definition) is 5. The molecule has 0 radical (unpaired) electrons. The summed E-state index contributed by atoms with van der Waals surface area (Å²) in [6.45, 7) is 3.87. The molecule has 3 aromatic heterocycles. The summed E-state index contributed by atoms with van der Waals surface area (Å²) in [6.07, 6.45) is 2.67. The average Bonchev–Trinajstić information content (AvgIpc) is 3.31. The predicted molar refractivity (Wildman–Crippen MR) is 142 cm³/mol. The van der Waals surface area contributed by atoms with Gasteiger partial charge in [-0.1, -0.05) is 24.3 Å². The number of nitrogens with one attached hydrogen (secondary N) is 2. The van der Waals surface area contributed by atoms with Crippen molar-refractivity contribution >= 4 is 33.5 Å². The minimum absolute atomic E-state index is 0.0490. The molecule has 7 heteroatoms. The van der Waals surface area contributed by atoms with E-state index >= 15 is 0 Å². The first-order valence-electron chi connectivity index (χ1n) is 12.3. The van der Waals surface area contributed by atoms with Gasteiger partial charge in [0, 0.05) is 41.5 Å². The number of rotatable bonds is 6. The fourth-order valence-electron chi connectivity index (χ4n) is 4.68. The van der Waals surface area contributed by atoms with Crippen LogP contribution in [0.4, 0.5) is 5.69 Å². The van der Waals surface area contributed by atoms with Gasteiger partial charge in [-0.3, -0.25) is 9.78 Å². The maximum Gasteiger partial charge on any atom is 0.251 e. The number of benzene rings is 2. The summed E-state index contributed by atoms with van der Waals surface area (Å²) in [4.78, 5) is 27.6. The zero-order valence-electron chi connectivity index (χ0n) is 19.9. The number of fused-ring (bicyclic) bond motifs is 3. The van der Waals surface area contributed by atoms with Gasteiger partial charge in [0.1, 0.15) is 5.65 Å². The Morgan fingerprint density at radius 2 is 1.78 bits per heavy atom. The predicted octanol–water partition coefficient (Wildman–Crippen LogP) is 4.59. The van der Waals surface area contributed by atoms with E-state index in [2.05, 4.69) is 50.5 Å². The summed E-state index contributed by atoms with van der Waals surface area (Å²) in [6, 6.07) is 23.9. The monoisotopic (exact) mass is 477 g/mol. The Hall–Kier alpha value is -4.23. The molecule has 1 saturated heterocycles. The first-order valence-corrected chi connectivity index (χ1v) is 12.3. The molecule has 5 aromatic rings. The van der Waals surface area contributed by atoms with Gasteiger partial charge in [0.15, 0.2) is 0 Å². The van der Waals surface area contributed by atoms with Gasteiger partial charge in [-0.25, -0.2) is 4.98 Å². The lowest BCUT2D eigenvalue weighted by molar-refractivity contribution is 0.0954. The normalized spacial score (nSPS) is 13.8. The summed E-state index contributed by atoms with van der Waals surface area (Å²) >= 11 is 0. The van der Waals surface area contributed by atoms with E-state index in [-0.39, 0.29) is 5.91 Å². The van der Waals surface area contributed by atoms with Gasteiger partial charge in [-0.2, -0.15) is 0 Å². The van der Waals surface area contributed by atoms with Crippen LogP contribution in [0.15, 0.2) is 79.0 Å². The van der Waals surface area contributed by atoms with Crippen LogP contribution in [0, 0.1) is 0 Å². The van der Waals surface area contributed by atoms with Crippen molar-refractivity contribution in [3.8, 4) is 11.4 Å². The number of amides is 1. The Morgan fingerprint density at radius 1 is 0.944 bits per heavy atom. The molecule has 180 valence electrons. The number of aromatic nitrogens is 3. The van der Waals surface area contributed by atoms with Crippen molar-refractivity contribution in [3.63, 3.8) is 0 Å². The van der Waals surface area contributed by atoms with E-state index in [0.29, 0.717) is 12.1 Å². The van der Waals surface area contributed by atoms with Gasteiger partial charge in [-0.15, -0.1) is 0 Å². The lowest BCUT2D eigenvalue weighted by atomic mass is 10.1. The quantitative estimate of drug-likeness (QED) is 0.374. The molecule has 1 fully saturated rings. The van der Waals surface area contributed by atoms with Gasteiger partial charge >= 0.3 is 0 Å². The van der Waals surface area contributed by atoms with Gasteiger partial charge in [0.25, 0.3) is 5.91 Å². The van der Waals surface area contributed by atoms with Crippen molar-refractivity contribution in [1.82, 2.24) is 20.3 Å². The molecular weight excluding hydrogens is 450 g/mol. The minimum Gasteiger partial charge on any atom is -0.378 e. The molecule has 0 saturated carbocycles. The van der Waals surface area contributed by atoms with Crippen LogP contribution in [0.1, 0.15) is 15.9 Å². The van der Waals surface area contributed by atoms with Crippen LogP contribution < -0.4 is 10.2 Å². The minimum atomic E-state index is -0.0490. The zero-order chi connectivity index (χ0) is 24.3. The molecule has 1 amide bonds. The van der Waals surface area contributed by atoms with E-state index in [1.807, 2.05) is 48.7 Å². The number of H-pyrrole nitrogens is 1. The van der Waals surface area contributed by atoms with E-state index in [0.717, 1.165) is 71.7 Å². The maximum absolute atomic E-state index is 12.3. The fourth-order valence-corrected chi connectivity index (χ4v) is 4.68. The van der Waals surface area contributed by atoms with Crippen LogP contribution in [-0.2, 0) is 11.2 Å². The second kappa shape index (κ2) is 9.79. The molecule has 2 aromatic carbocycles. The lowest BCUT2D eigenvalue weighted by Gasteiger charge is -2.28. The summed E-state index contributed by atoms with van der Waals surface area (Å²) in [5.41, 5.74) is 6.53. The fraction of sp³-hybridized carbons (Fsp3) is 0.207. The van der Waals surface area contributed by atoms with Crippen LogP contribution in [0.2, 0.25) is 0 Å². The second-order valence-electron chi connectivity index (χ2n) is 8.97. The summed E-state index contributed by atoms with van der Waals surface area (Å²) in [5, 5.41) is 5.21. The molecule has 1 aliphatic rings. The highest BCUT2D eigenvalue weighted by Crippen LogP contribution is 2.28. The number of morpholine rings is 1. The van der Waals surface area contributed by atoms with E-state index < -0.39 is 0 Å². The average molecular weight is 478 g/mol. The number of anilines is 1.